The molecule has 1 heterocycles. The van der Waals surface area contributed by atoms with Crippen molar-refractivity contribution in [2.24, 2.45) is 5.73 Å². The van der Waals surface area contributed by atoms with Crippen LogP contribution in [0.25, 0.3) is 0 Å². The number of dihydropyridines is 1. The van der Waals surface area contributed by atoms with Crippen LogP contribution in [0.1, 0.15) is 38.2 Å². The number of nitrogens with two attached hydrogens (primary N) is 1. The van der Waals surface area contributed by atoms with Gasteiger partial charge in [-0.1, -0.05) is 12.1 Å². The molecule has 0 saturated carbocycles. The van der Waals surface area contributed by atoms with Gasteiger partial charge in [0.2, 0.25) is 0 Å². The number of nitro benzene ring substituents is 1. The van der Waals surface area contributed by atoms with E-state index in [-0.39, 0.29) is 23.4 Å². The molecule has 0 fully saturated rings. The molecule has 0 aromatic heterocycles. The maximum Gasteiger partial charge on any atom is 0.336 e. The van der Waals surface area contributed by atoms with E-state index in [9.17, 15) is 19.7 Å². The van der Waals surface area contributed by atoms with E-state index in [0.29, 0.717) is 36.3 Å². The first-order valence-electron chi connectivity index (χ1n) is 9.20. The molecule has 9 nitrogen and oxygen atoms in total. The summed E-state index contributed by atoms with van der Waals surface area (Å²) in [4.78, 5) is 36.1. The Kier molecular flexibility index (Phi) is 7.49. The molecule has 0 spiro atoms. The third-order valence-corrected chi connectivity index (χ3v) is 4.63. The Morgan fingerprint density at radius 1 is 1.17 bits per heavy atom. The van der Waals surface area contributed by atoms with Crippen LogP contribution in [0.15, 0.2) is 46.8 Å². The van der Waals surface area contributed by atoms with Crippen molar-refractivity contribution in [1.82, 2.24) is 5.32 Å². The van der Waals surface area contributed by atoms with Gasteiger partial charge in [0.05, 0.1) is 35.7 Å². The fourth-order valence-corrected chi connectivity index (χ4v) is 3.29. The molecule has 1 atom stereocenters. The summed E-state index contributed by atoms with van der Waals surface area (Å²) in [6.45, 7) is 4.05. The zero-order valence-electron chi connectivity index (χ0n) is 16.7. The summed E-state index contributed by atoms with van der Waals surface area (Å²) in [5.74, 6) is -2.09. The van der Waals surface area contributed by atoms with E-state index < -0.39 is 22.8 Å². The molecule has 29 heavy (non-hydrogen) atoms. The van der Waals surface area contributed by atoms with Crippen molar-refractivity contribution < 1.29 is 24.0 Å². The normalized spacial score (nSPS) is 16.3. The molecule has 1 aliphatic rings. The van der Waals surface area contributed by atoms with Gasteiger partial charge in [-0.15, -0.1) is 0 Å². The Bertz CT molecular complexity index is 875. The molecule has 3 N–H and O–H groups in total. The third-order valence-electron chi connectivity index (χ3n) is 4.63. The van der Waals surface area contributed by atoms with Crippen molar-refractivity contribution in [3.63, 3.8) is 0 Å². The number of non-ortho nitro benzene ring substituents is 1. The highest BCUT2D eigenvalue weighted by Crippen LogP contribution is 2.40. The minimum absolute atomic E-state index is 0.142. The molecule has 0 aliphatic carbocycles. The van der Waals surface area contributed by atoms with Gasteiger partial charge in [-0.2, -0.15) is 0 Å². The Morgan fingerprint density at radius 2 is 1.83 bits per heavy atom. The number of unbranched alkanes of at least 4 members (excludes halogenated alkanes) is 1. The molecular formula is C20H25N3O6. The van der Waals surface area contributed by atoms with E-state index in [1.54, 1.807) is 19.9 Å². The zero-order valence-corrected chi connectivity index (χ0v) is 16.7. The van der Waals surface area contributed by atoms with Gasteiger partial charge in [-0.3, -0.25) is 10.1 Å². The lowest BCUT2D eigenvalue weighted by Crippen LogP contribution is -2.32. The maximum absolute atomic E-state index is 12.9. The summed E-state index contributed by atoms with van der Waals surface area (Å²) in [5, 5.41) is 14.2. The predicted octanol–water partition coefficient (Wildman–Crippen LogP) is 2.28. The van der Waals surface area contributed by atoms with E-state index in [4.69, 9.17) is 15.2 Å². The number of benzene rings is 1. The van der Waals surface area contributed by atoms with Crippen LogP contribution < -0.4 is 11.1 Å². The first-order valence-corrected chi connectivity index (χ1v) is 9.20. The van der Waals surface area contributed by atoms with E-state index in [1.807, 2.05) is 0 Å². The van der Waals surface area contributed by atoms with Crippen LogP contribution in [-0.4, -0.2) is 37.1 Å². The molecule has 156 valence electrons. The van der Waals surface area contributed by atoms with Gasteiger partial charge < -0.3 is 20.5 Å². The van der Waals surface area contributed by atoms with Gasteiger partial charge in [-0.05, 0) is 38.8 Å². The monoisotopic (exact) mass is 403 g/mol. The van der Waals surface area contributed by atoms with E-state index in [1.165, 1.54) is 25.3 Å². The molecule has 0 bridgehead atoms. The van der Waals surface area contributed by atoms with Crippen molar-refractivity contribution in [1.29, 1.82) is 0 Å². The van der Waals surface area contributed by atoms with Gasteiger partial charge in [0.1, 0.15) is 0 Å². The second-order valence-corrected chi connectivity index (χ2v) is 6.61. The van der Waals surface area contributed by atoms with Gasteiger partial charge in [0.25, 0.3) is 5.69 Å². The second kappa shape index (κ2) is 9.83. The second-order valence-electron chi connectivity index (χ2n) is 6.61. The summed E-state index contributed by atoms with van der Waals surface area (Å²) in [6, 6.07) is 5.84. The highest BCUT2D eigenvalue weighted by atomic mass is 16.6. The lowest BCUT2D eigenvalue weighted by molar-refractivity contribution is -0.384. The molecule has 0 radical (unpaired) electrons. The van der Waals surface area contributed by atoms with E-state index in [2.05, 4.69) is 5.32 Å². The number of carbonyl (C=O) groups excluding carboxylic acids is 2. The Hall–Kier alpha value is -3.20. The summed E-state index contributed by atoms with van der Waals surface area (Å²) in [7, 11) is 1.24. The molecule has 9 heteroatoms. The van der Waals surface area contributed by atoms with Crippen LogP contribution in [0.2, 0.25) is 0 Å². The summed E-state index contributed by atoms with van der Waals surface area (Å²) < 4.78 is 10.3. The number of nitrogens with zero attached hydrogens (tertiary/aromatic N) is 1. The average Bonchev–Trinajstić information content (AvgIpc) is 2.70. The molecule has 1 aromatic rings. The quantitative estimate of drug-likeness (QED) is 0.292. The minimum atomic E-state index is -0.856. The lowest BCUT2D eigenvalue weighted by atomic mass is 9.80. The fourth-order valence-electron chi connectivity index (χ4n) is 3.29. The molecule has 1 unspecified atom stereocenters. The van der Waals surface area contributed by atoms with Gasteiger partial charge in [0, 0.05) is 23.5 Å². The van der Waals surface area contributed by atoms with E-state index >= 15 is 0 Å². The van der Waals surface area contributed by atoms with Crippen LogP contribution in [-0.2, 0) is 19.1 Å². The Labute approximate surface area is 168 Å². The SMILES string of the molecule is COC(=O)C1=C(C)NC(C)=C(C(=O)OCCCCN)C1c1cccc([N+](=O)[O-])c1. The summed E-state index contributed by atoms with van der Waals surface area (Å²) >= 11 is 0. The number of allylic oxidation sites excluding steroid dienone is 2. The molecule has 1 aromatic carbocycles. The van der Waals surface area contributed by atoms with Crippen molar-refractivity contribution in [3.05, 3.63) is 62.5 Å². The van der Waals surface area contributed by atoms with Crippen molar-refractivity contribution in [2.45, 2.75) is 32.6 Å². The van der Waals surface area contributed by atoms with Crippen LogP contribution in [0.4, 0.5) is 5.69 Å². The van der Waals surface area contributed by atoms with E-state index in [0.717, 1.165) is 0 Å². The van der Waals surface area contributed by atoms with Crippen molar-refractivity contribution in [3.8, 4) is 0 Å². The summed E-state index contributed by atoms with van der Waals surface area (Å²) in [5.41, 5.74) is 7.17. The number of nitrogens with one attached hydrogen (secondary N) is 1. The molecule has 0 saturated heterocycles. The van der Waals surface area contributed by atoms with Gasteiger partial charge in [0.15, 0.2) is 0 Å². The smallest absolute Gasteiger partial charge is 0.336 e. The molecule has 0 amide bonds. The van der Waals surface area contributed by atoms with Crippen LogP contribution >= 0.6 is 0 Å². The van der Waals surface area contributed by atoms with Crippen LogP contribution in [0, 0.1) is 10.1 Å². The Morgan fingerprint density at radius 3 is 2.41 bits per heavy atom. The largest absolute Gasteiger partial charge is 0.466 e. The number of hydrogen-bond donors (Lipinski definition) is 2. The number of esters is 2. The topological polar surface area (TPSA) is 134 Å². The van der Waals surface area contributed by atoms with Crippen molar-refractivity contribution >= 4 is 17.6 Å². The fraction of sp³-hybridized carbons (Fsp3) is 0.400. The average molecular weight is 403 g/mol. The first-order chi connectivity index (χ1) is 13.8. The number of hydrogen-bond acceptors (Lipinski definition) is 8. The van der Waals surface area contributed by atoms with Crippen LogP contribution in [0.3, 0.4) is 0 Å². The predicted molar refractivity (Wildman–Crippen MR) is 106 cm³/mol. The number of ether oxygens (including phenoxy) is 2. The number of carbonyl (C=O) groups is 2. The highest BCUT2D eigenvalue weighted by Gasteiger charge is 2.38. The number of methoxy groups -OCH3 is 1. The zero-order chi connectivity index (χ0) is 21.6. The molecular weight excluding hydrogens is 378 g/mol. The molecule has 1 aliphatic heterocycles. The first kappa shape index (κ1) is 22.1. The summed E-state index contributed by atoms with van der Waals surface area (Å²) in [6.07, 6.45) is 1.33. The highest BCUT2D eigenvalue weighted by molar-refractivity contribution is 5.99. The van der Waals surface area contributed by atoms with Crippen LogP contribution in [0.5, 0.6) is 0 Å². The standard InChI is InChI=1S/C20H25N3O6/c1-12-16(19(24)28-3)18(14-7-6-8-15(11-14)23(26)27)17(13(2)22-12)20(25)29-10-5-4-9-21/h6-8,11,18,22H,4-5,9-10,21H2,1-3H3. The Balaban J connectivity index is 2.53. The third kappa shape index (κ3) is 5.00. The van der Waals surface area contributed by atoms with Gasteiger partial charge >= 0.3 is 11.9 Å². The maximum atomic E-state index is 12.9. The molecule has 2 rings (SSSR count). The van der Waals surface area contributed by atoms with Gasteiger partial charge in [-0.25, -0.2) is 9.59 Å². The van der Waals surface area contributed by atoms with Crippen molar-refractivity contribution in [2.75, 3.05) is 20.3 Å². The number of nitro groups is 1. The lowest BCUT2D eigenvalue weighted by Gasteiger charge is -2.30. The minimum Gasteiger partial charge on any atom is -0.466 e. The number of rotatable bonds is 8.